The minimum absolute atomic E-state index is 0.155. The van der Waals surface area contributed by atoms with Crippen LogP contribution in [-0.2, 0) is 19.6 Å². The van der Waals surface area contributed by atoms with Crippen LogP contribution in [0.4, 0.5) is 0 Å². The first-order chi connectivity index (χ1) is 11.3. The molecule has 7 nitrogen and oxygen atoms in total. The van der Waals surface area contributed by atoms with Crippen molar-refractivity contribution < 1.29 is 23.1 Å². The number of amides is 1. The highest BCUT2D eigenvalue weighted by Crippen LogP contribution is 2.31. The molecule has 8 heteroatoms. The number of nitrogens with zero attached hydrogens (tertiary/aromatic N) is 1. The molecular weight excluding hydrogens is 332 g/mol. The van der Waals surface area contributed by atoms with Gasteiger partial charge in [0.2, 0.25) is 15.9 Å². The van der Waals surface area contributed by atoms with E-state index in [2.05, 4.69) is 5.32 Å². The van der Waals surface area contributed by atoms with Gasteiger partial charge in [-0.3, -0.25) is 4.79 Å². The quantitative estimate of drug-likeness (QED) is 0.713. The lowest BCUT2D eigenvalue weighted by atomic mass is 9.92. The van der Waals surface area contributed by atoms with E-state index in [0.717, 1.165) is 19.3 Å². The molecule has 0 aromatic rings. The first-order valence-electron chi connectivity index (χ1n) is 8.84. The maximum absolute atomic E-state index is 12.4. The minimum atomic E-state index is -3.23. The van der Waals surface area contributed by atoms with Gasteiger partial charge in [-0.05, 0) is 32.1 Å². The summed E-state index contributed by atoms with van der Waals surface area (Å²) in [4.78, 5) is 24.0. The number of carbonyl (C=O) groups excluding carboxylic acids is 1. The molecule has 138 valence electrons. The second-order valence-corrected chi connectivity index (χ2v) is 9.01. The summed E-state index contributed by atoms with van der Waals surface area (Å²) < 4.78 is 25.8. The van der Waals surface area contributed by atoms with Gasteiger partial charge in [0.15, 0.2) is 0 Å². The molecule has 0 spiro atoms. The van der Waals surface area contributed by atoms with Crippen LogP contribution >= 0.6 is 0 Å². The lowest BCUT2D eigenvalue weighted by Crippen LogP contribution is -2.55. The van der Waals surface area contributed by atoms with Gasteiger partial charge in [0, 0.05) is 19.0 Å². The number of sulfonamides is 1. The van der Waals surface area contributed by atoms with E-state index < -0.39 is 21.5 Å². The van der Waals surface area contributed by atoms with Crippen LogP contribution in [0.15, 0.2) is 0 Å². The van der Waals surface area contributed by atoms with Crippen LogP contribution in [0.5, 0.6) is 0 Å². The number of piperidine rings is 1. The van der Waals surface area contributed by atoms with Gasteiger partial charge in [0.05, 0.1) is 5.75 Å². The summed E-state index contributed by atoms with van der Waals surface area (Å²) in [5.74, 6) is -1.36. The Morgan fingerprint density at radius 3 is 2.29 bits per heavy atom. The van der Waals surface area contributed by atoms with Crippen molar-refractivity contribution >= 4 is 21.9 Å². The van der Waals surface area contributed by atoms with E-state index in [-0.39, 0.29) is 17.6 Å². The lowest BCUT2D eigenvalue weighted by molar-refractivity contribution is -0.148. The molecule has 1 heterocycles. The van der Waals surface area contributed by atoms with E-state index in [1.807, 2.05) is 6.92 Å². The number of carboxylic acids is 1. The molecule has 2 N–H and O–H groups in total. The zero-order valence-corrected chi connectivity index (χ0v) is 15.1. The molecule has 2 rings (SSSR count). The minimum Gasteiger partial charge on any atom is -0.480 e. The first kappa shape index (κ1) is 19.2. The smallest absolute Gasteiger partial charge is 0.329 e. The van der Waals surface area contributed by atoms with Crippen molar-refractivity contribution in [2.24, 2.45) is 5.92 Å². The summed E-state index contributed by atoms with van der Waals surface area (Å²) in [6.45, 7) is 2.63. The summed E-state index contributed by atoms with van der Waals surface area (Å²) >= 11 is 0. The second kappa shape index (κ2) is 7.82. The van der Waals surface area contributed by atoms with E-state index in [9.17, 15) is 23.1 Å². The zero-order chi connectivity index (χ0) is 17.8. The Bertz CT molecular complexity index is 561. The van der Waals surface area contributed by atoms with Gasteiger partial charge in [0.1, 0.15) is 5.54 Å². The van der Waals surface area contributed by atoms with Crippen LogP contribution < -0.4 is 5.32 Å². The topological polar surface area (TPSA) is 104 Å². The number of aliphatic carboxylic acids is 1. The fraction of sp³-hybridized carbons (Fsp3) is 0.875. The molecule has 1 saturated heterocycles. The lowest BCUT2D eigenvalue weighted by Gasteiger charge is -2.33. The summed E-state index contributed by atoms with van der Waals surface area (Å²) in [5, 5.41) is 12.2. The Kier molecular flexibility index (Phi) is 6.25. The fourth-order valence-corrected chi connectivity index (χ4v) is 5.24. The maximum atomic E-state index is 12.4. The molecule has 1 aliphatic heterocycles. The maximum Gasteiger partial charge on any atom is 0.329 e. The van der Waals surface area contributed by atoms with Crippen LogP contribution in [-0.4, -0.2) is 54.1 Å². The molecule has 0 aromatic carbocycles. The van der Waals surface area contributed by atoms with Crippen molar-refractivity contribution in [3.63, 3.8) is 0 Å². The Morgan fingerprint density at radius 2 is 1.79 bits per heavy atom. The Balaban J connectivity index is 1.90. The number of carboxylic acid groups (broad SMARTS) is 1. The number of unbranched alkanes of at least 4 members (excludes halogenated alkanes) is 1. The molecule has 0 radical (unpaired) electrons. The fourth-order valence-electron chi connectivity index (χ4n) is 3.56. The number of hydrogen-bond acceptors (Lipinski definition) is 4. The molecule has 0 atom stereocenters. The van der Waals surface area contributed by atoms with Gasteiger partial charge < -0.3 is 10.4 Å². The molecule has 0 bridgehead atoms. The van der Waals surface area contributed by atoms with Gasteiger partial charge in [-0.2, -0.15) is 0 Å². The molecule has 0 aromatic heterocycles. The van der Waals surface area contributed by atoms with Gasteiger partial charge in [-0.15, -0.1) is 0 Å². The predicted octanol–water partition coefficient (Wildman–Crippen LogP) is 1.34. The number of nitrogens with one attached hydrogen (secondary N) is 1. The molecule has 1 saturated carbocycles. The van der Waals surface area contributed by atoms with Crippen molar-refractivity contribution in [2.75, 3.05) is 18.8 Å². The van der Waals surface area contributed by atoms with Crippen molar-refractivity contribution in [3.05, 3.63) is 0 Å². The van der Waals surface area contributed by atoms with E-state index in [4.69, 9.17) is 0 Å². The molecule has 1 amide bonds. The molecule has 2 fully saturated rings. The third-order valence-corrected chi connectivity index (χ3v) is 7.16. The van der Waals surface area contributed by atoms with Gasteiger partial charge in [-0.25, -0.2) is 17.5 Å². The SMILES string of the molecule is CCCCS(=O)(=O)N1CCC(C(=O)NC2(C(=O)O)CCCC2)CC1. The highest BCUT2D eigenvalue weighted by atomic mass is 32.2. The van der Waals surface area contributed by atoms with Gasteiger partial charge >= 0.3 is 5.97 Å². The molecular formula is C16H28N2O5S. The highest BCUT2D eigenvalue weighted by Gasteiger charge is 2.44. The van der Waals surface area contributed by atoms with E-state index in [0.29, 0.717) is 45.2 Å². The Hall–Kier alpha value is -1.15. The summed E-state index contributed by atoms with van der Waals surface area (Å²) in [5.41, 5.74) is -1.12. The Morgan fingerprint density at radius 1 is 1.21 bits per heavy atom. The van der Waals surface area contributed by atoms with Crippen LogP contribution in [0.25, 0.3) is 0 Å². The largest absolute Gasteiger partial charge is 0.480 e. The predicted molar refractivity (Wildman–Crippen MR) is 90.0 cm³/mol. The average molecular weight is 360 g/mol. The summed E-state index contributed by atoms with van der Waals surface area (Å²) in [7, 11) is -3.23. The van der Waals surface area contributed by atoms with Crippen LogP contribution in [0.3, 0.4) is 0 Å². The number of carbonyl (C=O) groups is 2. The second-order valence-electron chi connectivity index (χ2n) is 6.93. The standard InChI is InChI=1S/C16H28N2O5S/c1-2-3-12-24(22,23)18-10-6-13(7-11-18)14(19)17-16(15(20)21)8-4-5-9-16/h13H,2-12H2,1H3,(H,17,19)(H,20,21). The Labute approximate surface area is 143 Å². The van der Waals surface area contributed by atoms with Crippen molar-refractivity contribution in [3.8, 4) is 0 Å². The normalized spacial score (nSPS) is 22.4. The summed E-state index contributed by atoms with van der Waals surface area (Å²) in [6, 6.07) is 0. The molecule has 0 unspecified atom stereocenters. The van der Waals surface area contributed by atoms with Crippen LogP contribution in [0, 0.1) is 5.92 Å². The average Bonchev–Trinajstić information content (AvgIpc) is 3.03. The summed E-state index contributed by atoms with van der Waals surface area (Å²) in [6.07, 6.45) is 4.93. The number of rotatable bonds is 7. The van der Waals surface area contributed by atoms with E-state index in [1.54, 1.807) is 0 Å². The van der Waals surface area contributed by atoms with Crippen LogP contribution in [0.1, 0.15) is 58.3 Å². The van der Waals surface area contributed by atoms with Crippen LogP contribution in [0.2, 0.25) is 0 Å². The zero-order valence-electron chi connectivity index (χ0n) is 14.3. The number of hydrogen-bond donors (Lipinski definition) is 2. The van der Waals surface area contributed by atoms with Gasteiger partial charge in [-0.1, -0.05) is 26.2 Å². The van der Waals surface area contributed by atoms with Gasteiger partial charge in [0.25, 0.3) is 0 Å². The third-order valence-electron chi connectivity index (χ3n) is 5.20. The first-order valence-corrected chi connectivity index (χ1v) is 10.4. The van der Waals surface area contributed by atoms with Crippen molar-refractivity contribution in [1.82, 2.24) is 9.62 Å². The molecule has 24 heavy (non-hydrogen) atoms. The molecule has 1 aliphatic carbocycles. The third kappa shape index (κ3) is 4.27. The van der Waals surface area contributed by atoms with E-state index in [1.165, 1.54) is 4.31 Å². The van der Waals surface area contributed by atoms with Crippen molar-refractivity contribution in [2.45, 2.75) is 63.8 Å². The highest BCUT2D eigenvalue weighted by molar-refractivity contribution is 7.89. The van der Waals surface area contributed by atoms with Crippen molar-refractivity contribution in [1.29, 1.82) is 0 Å². The monoisotopic (exact) mass is 360 g/mol. The molecule has 2 aliphatic rings. The van der Waals surface area contributed by atoms with E-state index >= 15 is 0 Å².